The Balaban J connectivity index is 1.71. The van der Waals surface area contributed by atoms with Crippen molar-refractivity contribution in [2.45, 2.75) is 24.7 Å². The Morgan fingerprint density at radius 1 is 1.40 bits per heavy atom. The summed E-state index contributed by atoms with van der Waals surface area (Å²) in [5.74, 6) is 1.12. The van der Waals surface area contributed by atoms with Crippen LogP contribution in [0, 0.1) is 5.92 Å². The predicted molar refractivity (Wildman–Crippen MR) is 83.0 cm³/mol. The number of ether oxygens (including phenoxy) is 1. The molecule has 1 atom stereocenters. The topological polar surface area (TPSA) is 29.5 Å². The van der Waals surface area contributed by atoms with Crippen molar-refractivity contribution in [3.05, 3.63) is 30.3 Å². The van der Waals surface area contributed by atoms with Crippen molar-refractivity contribution < 1.29 is 9.53 Å². The van der Waals surface area contributed by atoms with Gasteiger partial charge in [0.1, 0.15) is 0 Å². The summed E-state index contributed by atoms with van der Waals surface area (Å²) < 4.78 is 5.13. The largest absolute Gasteiger partial charge is 0.466 e. The average Bonchev–Trinajstić information content (AvgIpc) is 2.49. The molecule has 1 aromatic carbocycles. The lowest BCUT2D eigenvalue weighted by Gasteiger charge is -2.31. The Morgan fingerprint density at radius 3 is 2.95 bits per heavy atom. The number of benzene rings is 1. The summed E-state index contributed by atoms with van der Waals surface area (Å²) in [5.41, 5.74) is 0. The molecule has 1 unspecified atom stereocenters. The second-order valence-electron chi connectivity index (χ2n) is 5.05. The van der Waals surface area contributed by atoms with Crippen molar-refractivity contribution in [3.63, 3.8) is 0 Å². The van der Waals surface area contributed by atoms with E-state index in [0.29, 0.717) is 6.61 Å². The van der Waals surface area contributed by atoms with Gasteiger partial charge in [-0.3, -0.25) is 4.79 Å². The molecule has 0 bridgehead atoms. The smallest absolute Gasteiger partial charge is 0.310 e. The van der Waals surface area contributed by atoms with E-state index in [4.69, 9.17) is 4.74 Å². The Bertz CT molecular complexity index is 410. The molecule has 0 aromatic heterocycles. The van der Waals surface area contributed by atoms with Crippen LogP contribution in [0.5, 0.6) is 0 Å². The number of nitrogens with zero attached hydrogens (tertiary/aromatic N) is 1. The lowest BCUT2D eigenvalue weighted by Crippen LogP contribution is -2.40. The normalized spacial score (nSPS) is 19.8. The number of esters is 1. The molecule has 1 fully saturated rings. The van der Waals surface area contributed by atoms with Gasteiger partial charge in [0, 0.05) is 23.7 Å². The van der Waals surface area contributed by atoms with Gasteiger partial charge in [0.15, 0.2) is 0 Å². The summed E-state index contributed by atoms with van der Waals surface area (Å²) in [5, 5.41) is 0. The van der Waals surface area contributed by atoms with Crippen LogP contribution in [-0.2, 0) is 9.53 Å². The van der Waals surface area contributed by atoms with Gasteiger partial charge in [0.2, 0.25) is 0 Å². The van der Waals surface area contributed by atoms with Gasteiger partial charge in [-0.1, -0.05) is 18.2 Å². The first-order valence-electron chi connectivity index (χ1n) is 7.36. The molecule has 0 saturated carbocycles. The number of hydrogen-bond donors (Lipinski definition) is 0. The molecule has 1 saturated heterocycles. The van der Waals surface area contributed by atoms with Crippen LogP contribution in [0.3, 0.4) is 0 Å². The number of likely N-dealkylation sites (tertiary alicyclic amines) is 1. The Kier molecular flexibility index (Phi) is 6.40. The quantitative estimate of drug-likeness (QED) is 0.595. The number of rotatable bonds is 6. The highest BCUT2D eigenvalue weighted by molar-refractivity contribution is 7.99. The molecule has 1 heterocycles. The van der Waals surface area contributed by atoms with Crippen molar-refractivity contribution in [2.75, 3.05) is 32.0 Å². The van der Waals surface area contributed by atoms with Gasteiger partial charge < -0.3 is 9.64 Å². The van der Waals surface area contributed by atoms with E-state index < -0.39 is 0 Å². The van der Waals surface area contributed by atoms with Crippen LogP contribution < -0.4 is 0 Å². The number of carbonyl (C=O) groups is 1. The average molecular weight is 293 g/mol. The van der Waals surface area contributed by atoms with E-state index in [-0.39, 0.29) is 11.9 Å². The Morgan fingerprint density at radius 2 is 2.20 bits per heavy atom. The summed E-state index contributed by atoms with van der Waals surface area (Å²) in [4.78, 5) is 15.5. The van der Waals surface area contributed by atoms with E-state index in [2.05, 4.69) is 29.2 Å². The third kappa shape index (κ3) is 4.84. The molecule has 4 heteroatoms. The van der Waals surface area contributed by atoms with Crippen LogP contribution in [0.1, 0.15) is 19.8 Å². The standard InChI is InChI=1S/C16H23NO2S/c1-2-19-16(18)14-7-6-10-17(13-14)11-12-20-15-8-4-3-5-9-15/h3-5,8-9,14H,2,6-7,10-13H2,1H3. The minimum absolute atomic E-state index is 0.0205. The zero-order valence-electron chi connectivity index (χ0n) is 12.1. The first-order valence-corrected chi connectivity index (χ1v) is 8.35. The van der Waals surface area contributed by atoms with Gasteiger partial charge in [-0.2, -0.15) is 0 Å². The summed E-state index contributed by atoms with van der Waals surface area (Å²) in [6.45, 7) is 5.35. The highest BCUT2D eigenvalue weighted by atomic mass is 32.2. The highest BCUT2D eigenvalue weighted by Crippen LogP contribution is 2.20. The van der Waals surface area contributed by atoms with Crippen LogP contribution in [0.2, 0.25) is 0 Å². The van der Waals surface area contributed by atoms with Gasteiger partial charge >= 0.3 is 5.97 Å². The van der Waals surface area contributed by atoms with Gasteiger partial charge in [-0.15, -0.1) is 11.8 Å². The number of piperidine rings is 1. The summed E-state index contributed by atoms with van der Waals surface area (Å²) >= 11 is 1.88. The molecular weight excluding hydrogens is 270 g/mol. The Labute approximate surface area is 125 Å². The van der Waals surface area contributed by atoms with E-state index in [1.165, 1.54) is 4.90 Å². The van der Waals surface area contributed by atoms with Crippen molar-refractivity contribution in [3.8, 4) is 0 Å². The first kappa shape index (κ1) is 15.4. The van der Waals surface area contributed by atoms with Crippen molar-refractivity contribution in [2.24, 2.45) is 5.92 Å². The summed E-state index contributed by atoms with van der Waals surface area (Å²) in [6.07, 6.45) is 2.07. The molecular formula is C16H23NO2S. The molecule has 20 heavy (non-hydrogen) atoms. The number of thioether (sulfide) groups is 1. The molecule has 0 amide bonds. The minimum Gasteiger partial charge on any atom is -0.466 e. The van der Waals surface area contributed by atoms with E-state index >= 15 is 0 Å². The molecule has 1 aliphatic heterocycles. The van der Waals surface area contributed by atoms with Crippen LogP contribution in [0.15, 0.2) is 35.2 Å². The third-order valence-electron chi connectivity index (χ3n) is 3.54. The van der Waals surface area contributed by atoms with E-state index in [1.807, 2.05) is 24.8 Å². The van der Waals surface area contributed by atoms with Gasteiger partial charge in [-0.05, 0) is 38.4 Å². The number of carbonyl (C=O) groups excluding carboxylic acids is 1. The van der Waals surface area contributed by atoms with E-state index in [1.54, 1.807) is 0 Å². The molecule has 0 radical (unpaired) electrons. The fourth-order valence-corrected chi connectivity index (χ4v) is 3.46. The highest BCUT2D eigenvalue weighted by Gasteiger charge is 2.26. The molecule has 110 valence electrons. The third-order valence-corrected chi connectivity index (χ3v) is 4.54. The molecule has 0 spiro atoms. The second-order valence-corrected chi connectivity index (χ2v) is 6.22. The molecule has 1 aliphatic rings. The Hall–Kier alpha value is -1.00. The lowest BCUT2D eigenvalue weighted by molar-refractivity contribution is -0.149. The van der Waals surface area contributed by atoms with E-state index in [0.717, 1.165) is 38.2 Å². The molecule has 0 aliphatic carbocycles. The van der Waals surface area contributed by atoms with Crippen LogP contribution in [0.25, 0.3) is 0 Å². The summed E-state index contributed by atoms with van der Waals surface area (Å²) in [6, 6.07) is 10.5. The second kappa shape index (κ2) is 8.32. The molecule has 2 rings (SSSR count). The van der Waals surface area contributed by atoms with Crippen LogP contribution in [-0.4, -0.2) is 42.9 Å². The van der Waals surface area contributed by atoms with Crippen molar-refractivity contribution >= 4 is 17.7 Å². The van der Waals surface area contributed by atoms with Crippen molar-refractivity contribution in [1.29, 1.82) is 0 Å². The maximum Gasteiger partial charge on any atom is 0.310 e. The van der Waals surface area contributed by atoms with Crippen molar-refractivity contribution in [1.82, 2.24) is 4.90 Å². The maximum atomic E-state index is 11.8. The fourth-order valence-electron chi connectivity index (χ4n) is 2.52. The fraction of sp³-hybridized carbons (Fsp3) is 0.562. The first-order chi connectivity index (χ1) is 9.79. The van der Waals surface area contributed by atoms with Gasteiger partial charge in [0.25, 0.3) is 0 Å². The van der Waals surface area contributed by atoms with Gasteiger partial charge in [0.05, 0.1) is 12.5 Å². The predicted octanol–water partition coefficient (Wildman–Crippen LogP) is 3.05. The van der Waals surface area contributed by atoms with Crippen LogP contribution in [0.4, 0.5) is 0 Å². The minimum atomic E-state index is -0.0205. The molecule has 1 aromatic rings. The van der Waals surface area contributed by atoms with Crippen LogP contribution >= 0.6 is 11.8 Å². The SMILES string of the molecule is CCOC(=O)C1CCCN(CCSc2ccccc2)C1. The zero-order valence-corrected chi connectivity index (χ0v) is 12.9. The molecule has 0 N–H and O–H groups in total. The number of hydrogen-bond acceptors (Lipinski definition) is 4. The summed E-state index contributed by atoms with van der Waals surface area (Å²) in [7, 11) is 0. The molecule has 3 nitrogen and oxygen atoms in total. The van der Waals surface area contributed by atoms with Gasteiger partial charge in [-0.25, -0.2) is 0 Å². The zero-order chi connectivity index (χ0) is 14.2. The lowest BCUT2D eigenvalue weighted by atomic mass is 9.98. The maximum absolute atomic E-state index is 11.8. The van der Waals surface area contributed by atoms with E-state index in [9.17, 15) is 4.79 Å². The monoisotopic (exact) mass is 293 g/mol.